The molecule has 21 heavy (non-hydrogen) atoms. The van der Waals surface area contributed by atoms with Crippen LogP contribution < -0.4 is 5.73 Å². The number of fused-ring (bicyclic) bond motifs is 1. The number of rotatable bonds is 4. The van der Waals surface area contributed by atoms with Crippen molar-refractivity contribution in [3.05, 3.63) is 59.4 Å². The van der Waals surface area contributed by atoms with E-state index in [-0.39, 0.29) is 0 Å². The van der Waals surface area contributed by atoms with Gasteiger partial charge in [0.05, 0.1) is 11.0 Å². The summed E-state index contributed by atoms with van der Waals surface area (Å²) in [6, 6.07) is 14.8. The number of nitrogens with zero attached hydrogens (tertiary/aromatic N) is 2. The van der Waals surface area contributed by atoms with Crippen LogP contribution in [-0.2, 0) is 19.4 Å². The number of hydrogen-bond donors (Lipinski definition) is 1. The highest BCUT2D eigenvalue weighted by atomic mass is 15.1. The molecule has 1 aromatic heterocycles. The van der Waals surface area contributed by atoms with Crippen LogP contribution in [0.5, 0.6) is 0 Å². The van der Waals surface area contributed by atoms with Crippen LogP contribution in [0.25, 0.3) is 11.0 Å². The fourth-order valence-corrected chi connectivity index (χ4v) is 2.71. The summed E-state index contributed by atoms with van der Waals surface area (Å²) in [4.78, 5) is 4.70. The van der Waals surface area contributed by atoms with E-state index in [9.17, 15) is 0 Å². The smallest absolute Gasteiger partial charge is 0.109 e. The Kier molecular flexibility index (Phi) is 3.65. The van der Waals surface area contributed by atoms with Gasteiger partial charge >= 0.3 is 0 Å². The molecule has 2 N–H and O–H groups in total. The van der Waals surface area contributed by atoms with Crippen molar-refractivity contribution in [3.63, 3.8) is 0 Å². The quantitative estimate of drug-likeness (QED) is 0.738. The highest BCUT2D eigenvalue weighted by Gasteiger charge is 2.10. The average molecular weight is 279 g/mol. The van der Waals surface area contributed by atoms with E-state index >= 15 is 0 Å². The Hall–Kier alpha value is -2.29. The number of benzene rings is 2. The van der Waals surface area contributed by atoms with Gasteiger partial charge in [-0.05, 0) is 35.7 Å². The van der Waals surface area contributed by atoms with Crippen LogP contribution in [-0.4, -0.2) is 9.55 Å². The summed E-state index contributed by atoms with van der Waals surface area (Å²) in [6.45, 7) is 5.17. The normalized spacial score (nSPS) is 11.1. The topological polar surface area (TPSA) is 43.8 Å². The molecule has 3 heteroatoms. The number of aryl methyl sites for hydroxylation is 2. The molecule has 0 saturated heterocycles. The summed E-state index contributed by atoms with van der Waals surface area (Å²) in [5, 5.41) is 0. The number of hydrogen-bond acceptors (Lipinski definition) is 2. The first-order valence-electron chi connectivity index (χ1n) is 7.53. The summed E-state index contributed by atoms with van der Waals surface area (Å²) in [5.41, 5.74) is 11.4. The zero-order chi connectivity index (χ0) is 14.8. The molecule has 1 heterocycles. The molecule has 0 spiro atoms. The van der Waals surface area contributed by atoms with E-state index < -0.39 is 0 Å². The Morgan fingerprint density at radius 1 is 0.952 bits per heavy atom. The van der Waals surface area contributed by atoms with Crippen molar-refractivity contribution in [1.82, 2.24) is 9.55 Å². The van der Waals surface area contributed by atoms with Crippen molar-refractivity contribution < 1.29 is 0 Å². The molecule has 0 aliphatic carbocycles. The average Bonchev–Trinajstić information content (AvgIpc) is 2.85. The molecule has 108 valence electrons. The van der Waals surface area contributed by atoms with E-state index in [1.165, 1.54) is 11.1 Å². The second-order valence-electron chi connectivity index (χ2n) is 5.39. The minimum absolute atomic E-state index is 0.766. The van der Waals surface area contributed by atoms with Crippen LogP contribution in [0, 0.1) is 0 Å². The van der Waals surface area contributed by atoms with Crippen molar-refractivity contribution in [1.29, 1.82) is 0 Å². The largest absolute Gasteiger partial charge is 0.399 e. The Labute approximate surface area is 125 Å². The minimum atomic E-state index is 0.766. The van der Waals surface area contributed by atoms with Crippen molar-refractivity contribution in [2.75, 3.05) is 5.73 Å². The second kappa shape index (κ2) is 5.60. The van der Waals surface area contributed by atoms with Gasteiger partial charge in [-0.15, -0.1) is 0 Å². The molecule has 0 unspecified atom stereocenters. The zero-order valence-electron chi connectivity index (χ0n) is 12.6. The van der Waals surface area contributed by atoms with E-state index in [1.807, 2.05) is 12.1 Å². The summed E-state index contributed by atoms with van der Waals surface area (Å²) in [7, 11) is 0. The second-order valence-corrected chi connectivity index (χ2v) is 5.39. The molecule has 0 bridgehead atoms. The molecule has 0 atom stereocenters. The number of anilines is 1. The van der Waals surface area contributed by atoms with E-state index in [0.717, 1.165) is 41.9 Å². The van der Waals surface area contributed by atoms with E-state index in [0.29, 0.717) is 0 Å². The third-order valence-electron chi connectivity index (χ3n) is 3.94. The van der Waals surface area contributed by atoms with Crippen LogP contribution in [0.2, 0.25) is 0 Å². The molecule has 0 aliphatic heterocycles. The summed E-state index contributed by atoms with van der Waals surface area (Å²) >= 11 is 0. The van der Waals surface area contributed by atoms with Crippen molar-refractivity contribution in [2.45, 2.75) is 33.2 Å². The van der Waals surface area contributed by atoms with Gasteiger partial charge in [-0.1, -0.05) is 38.1 Å². The first-order chi connectivity index (χ1) is 10.2. The molecule has 0 saturated carbocycles. The van der Waals surface area contributed by atoms with Crippen molar-refractivity contribution >= 4 is 16.7 Å². The van der Waals surface area contributed by atoms with Crippen LogP contribution in [0.1, 0.15) is 30.8 Å². The molecule has 3 rings (SSSR count). The van der Waals surface area contributed by atoms with E-state index in [4.69, 9.17) is 10.7 Å². The van der Waals surface area contributed by atoms with Crippen LogP contribution in [0.4, 0.5) is 5.69 Å². The number of aromatic nitrogens is 2. The number of imidazole rings is 1. The molecule has 0 aliphatic rings. The molecule has 3 nitrogen and oxygen atoms in total. The Balaban J connectivity index is 2.01. The summed E-state index contributed by atoms with van der Waals surface area (Å²) < 4.78 is 2.29. The lowest BCUT2D eigenvalue weighted by Gasteiger charge is -2.09. The van der Waals surface area contributed by atoms with E-state index in [2.05, 4.69) is 48.7 Å². The molecule has 3 aromatic rings. The predicted molar refractivity (Wildman–Crippen MR) is 88.4 cm³/mol. The van der Waals surface area contributed by atoms with Crippen LogP contribution in [0.15, 0.2) is 42.5 Å². The highest BCUT2D eigenvalue weighted by Crippen LogP contribution is 2.21. The molecular formula is C18H21N3. The number of nitrogens with two attached hydrogens (primary N) is 1. The Morgan fingerprint density at radius 2 is 1.67 bits per heavy atom. The van der Waals surface area contributed by atoms with Gasteiger partial charge in [-0.2, -0.15) is 0 Å². The van der Waals surface area contributed by atoms with Gasteiger partial charge in [0.2, 0.25) is 0 Å². The van der Waals surface area contributed by atoms with Crippen molar-refractivity contribution in [3.8, 4) is 0 Å². The Morgan fingerprint density at radius 3 is 2.33 bits per heavy atom. The van der Waals surface area contributed by atoms with E-state index in [1.54, 1.807) is 0 Å². The van der Waals surface area contributed by atoms with Crippen LogP contribution in [0.3, 0.4) is 0 Å². The lowest BCUT2D eigenvalue weighted by atomic mass is 10.1. The molecule has 0 amide bonds. The maximum absolute atomic E-state index is 5.86. The third kappa shape index (κ3) is 2.64. The van der Waals surface area contributed by atoms with Gasteiger partial charge in [0.1, 0.15) is 5.82 Å². The molecule has 0 radical (unpaired) electrons. The maximum atomic E-state index is 5.86. The fraction of sp³-hybridized carbons (Fsp3) is 0.278. The molecule has 2 aromatic carbocycles. The summed E-state index contributed by atoms with van der Waals surface area (Å²) in [5.74, 6) is 1.11. The molecule has 0 fully saturated rings. The first kappa shape index (κ1) is 13.7. The minimum Gasteiger partial charge on any atom is -0.399 e. The molecular weight excluding hydrogens is 258 g/mol. The van der Waals surface area contributed by atoms with Gasteiger partial charge < -0.3 is 10.3 Å². The maximum Gasteiger partial charge on any atom is 0.109 e. The van der Waals surface area contributed by atoms with Gasteiger partial charge in [0, 0.05) is 18.7 Å². The van der Waals surface area contributed by atoms with Gasteiger partial charge in [0.25, 0.3) is 0 Å². The summed E-state index contributed by atoms with van der Waals surface area (Å²) in [6.07, 6.45) is 2.00. The van der Waals surface area contributed by atoms with Gasteiger partial charge in [-0.3, -0.25) is 0 Å². The Bertz CT molecular complexity index is 754. The lowest BCUT2D eigenvalue weighted by molar-refractivity contribution is 0.752. The van der Waals surface area contributed by atoms with Crippen LogP contribution >= 0.6 is 0 Å². The number of nitrogen functional groups attached to an aromatic ring is 1. The predicted octanol–water partition coefficient (Wildman–Crippen LogP) is 3.79. The van der Waals surface area contributed by atoms with Gasteiger partial charge in [0.15, 0.2) is 0 Å². The zero-order valence-corrected chi connectivity index (χ0v) is 12.6. The highest BCUT2D eigenvalue weighted by molar-refractivity contribution is 5.79. The standard InChI is InChI=1S/C18H21N3/c1-3-13-5-7-14(8-6-13)12-21-17-10-9-15(19)11-16(17)20-18(21)4-2/h5-11H,3-4,12,19H2,1-2H3. The third-order valence-corrected chi connectivity index (χ3v) is 3.94. The fourth-order valence-electron chi connectivity index (χ4n) is 2.71. The van der Waals surface area contributed by atoms with Gasteiger partial charge in [-0.25, -0.2) is 4.98 Å². The van der Waals surface area contributed by atoms with Crippen molar-refractivity contribution in [2.24, 2.45) is 0 Å². The SMILES string of the molecule is CCc1ccc(Cn2c(CC)nc3cc(N)ccc32)cc1. The lowest BCUT2D eigenvalue weighted by Crippen LogP contribution is -2.04. The first-order valence-corrected chi connectivity index (χ1v) is 7.53. The monoisotopic (exact) mass is 279 g/mol.